The molecule has 3 aliphatic heterocycles. The van der Waals surface area contributed by atoms with E-state index >= 15 is 0 Å². The van der Waals surface area contributed by atoms with Gasteiger partial charge in [0.2, 0.25) is 5.91 Å². The first kappa shape index (κ1) is 25.6. The topological polar surface area (TPSA) is 43.9 Å². The Balaban J connectivity index is 1.54. The van der Waals surface area contributed by atoms with Crippen LogP contribution in [0.5, 0.6) is 0 Å². The normalized spacial score (nSPS) is 24.4. The number of rotatable bonds is 7. The number of para-hydroxylation sites is 1. The molecule has 200 valence electrons. The van der Waals surface area contributed by atoms with Crippen LogP contribution in [0.3, 0.4) is 0 Å². The third-order valence-corrected chi connectivity index (χ3v) is 7.88. The van der Waals surface area contributed by atoms with Crippen molar-refractivity contribution in [3.8, 4) is 0 Å². The highest BCUT2D eigenvalue weighted by atomic mass is 19.1. The van der Waals surface area contributed by atoms with E-state index in [1.807, 2.05) is 83.9 Å². The van der Waals surface area contributed by atoms with E-state index in [1.54, 1.807) is 6.08 Å². The molecule has 0 aliphatic carbocycles. The average Bonchev–Trinajstić information content (AvgIpc) is 3.51. The lowest BCUT2D eigenvalue weighted by Gasteiger charge is -2.43. The molecule has 0 aromatic heterocycles. The van der Waals surface area contributed by atoms with Crippen LogP contribution < -0.4 is 5.01 Å². The van der Waals surface area contributed by atoms with Crippen molar-refractivity contribution in [3.05, 3.63) is 150 Å². The van der Waals surface area contributed by atoms with Crippen LogP contribution in [0.2, 0.25) is 0 Å². The molecule has 2 fully saturated rings. The van der Waals surface area contributed by atoms with Crippen LogP contribution in [0.15, 0.2) is 139 Å². The number of halogens is 1. The SMILES string of the molecule is C=CC=C(C=CCF)N1C(=O)C2C(c3ccccc3)C=C3CC(c4ccccc4)N(c4ccccc4)N3C2C1=O. The molecule has 3 aliphatic rings. The van der Waals surface area contributed by atoms with E-state index in [0.29, 0.717) is 12.1 Å². The number of hydrogen-bond donors (Lipinski definition) is 0. The molecule has 0 N–H and O–H groups in total. The maximum absolute atomic E-state index is 14.4. The fourth-order valence-electron chi connectivity index (χ4n) is 6.26. The molecule has 2 amide bonds. The summed E-state index contributed by atoms with van der Waals surface area (Å²) in [5.41, 5.74) is 4.37. The lowest BCUT2D eigenvalue weighted by atomic mass is 9.79. The Morgan fingerprint density at radius 3 is 2.10 bits per heavy atom. The molecule has 6 heteroatoms. The third kappa shape index (κ3) is 4.26. The average molecular weight is 532 g/mol. The number of amides is 2. The van der Waals surface area contributed by atoms with Crippen LogP contribution in [-0.4, -0.2) is 34.4 Å². The van der Waals surface area contributed by atoms with E-state index in [0.717, 1.165) is 22.5 Å². The van der Waals surface area contributed by atoms with E-state index < -0.39 is 18.6 Å². The van der Waals surface area contributed by atoms with Gasteiger partial charge in [0.25, 0.3) is 5.91 Å². The standard InChI is InChI=1S/C34H30FN3O2/c1-2-13-26(20-12-21-35)36-33(39)31-29(24-14-6-3-7-15-24)22-28-23-30(25-16-8-4-9-17-25)37(27-18-10-5-11-19-27)38(28)32(31)34(36)40/h2-20,22,29-32H,1,21,23H2. The first-order chi connectivity index (χ1) is 19.6. The van der Waals surface area contributed by atoms with Crippen LogP contribution in [-0.2, 0) is 9.59 Å². The molecule has 4 atom stereocenters. The highest BCUT2D eigenvalue weighted by molar-refractivity contribution is 6.10. The van der Waals surface area contributed by atoms with Gasteiger partial charge in [-0.25, -0.2) is 9.29 Å². The maximum atomic E-state index is 14.4. The largest absolute Gasteiger partial charge is 0.277 e. The van der Waals surface area contributed by atoms with Crippen molar-refractivity contribution in [2.45, 2.75) is 24.4 Å². The van der Waals surface area contributed by atoms with E-state index in [-0.39, 0.29) is 23.8 Å². The van der Waals surface area contributed by atoms with Gasteiger partial charge in [-0.3, -0.25) is 19.6 Å². The monoisotopic (exact) mass is 531 g/mol. The quantitative estimate of drug-likeness (QED) is 0.258. The molecule has 3 aromatic rings. The van der Waals surface area contributed by atoms with Crippen LogP contribution >= 0.6 is 0 Å². The number of fused-ring (bicyclic) bond motifs is 3. The minimum atomic E-state index is -0.765. The van der Waals surface area contributed by atoms with Gasteiger partial charge in [0.05, 0.1) is 23.3 Å². The first-order valence-corrected chi connectivity index (χ1v) is 13.5. The van der Waals surface area contributed by atoms with Crippen molar-refractivity contribution in [1.82, 2.24) is 9.91 Å². The molecule has 6 rings (SSSR count). The van der Waals surface area contributed by atoms with Gasteiger partial charge in [-0.1, -0.05) is 104 Å². The van der Waals surface area contributed by atoms with Crippen LogP contribution in [0.25, 0.3) is 0 Å². The van der Waals surface area contributed by atoms with Gasteiger partial charge in [0, 0.05) is 18.0 Å². The lowest BCUT2D eigenvalue weighted by Crippen LogP contribution is -2.53. The van der Waals surface area contributed by atoms with Crippen molar-refractivity contribution in [1.29, 1.82) is 0 Å². The smallest absolute Gasteiger partial charge is 0.259 e. The molecular formula is C34H30FN3O2. The van der Waals surface area contributed by atoms with Gasteiger partial charge in [-0.15, -0.1) is 0 Å². The summed E-state index contributed by atoms with van der Waals surface area (Å²) >= 11 is 0. The molecule has 4 unspecified atom stereocenters. The number of benzene rings is 3. The molecule has 5 nitrogen and oxygen atoms in total. The predicted molar refractivity (Wildman–Crippen MR) is 154 cm³/mol. The number of hydrogen-bond acceptors (Lipinski definition) is 4. The zero-order valence-corrected chi connectivity index (χ0v) is 22.0. The second-order valence-corrected chi connectivity index (χ2v) is 10.1. The van der Waals surface area contributed by atoms with Crippen molar-refractivity contribution in [2.75, 3.05) is 11.7 Å². The zero-order valence-electron chi connectivity index (χ0n) is 22.0. The second-order valence-electron chi connectivity index (χ2n) is 10.1. The Morgan fingerprint density at radius 2 is 1.48 bits per heavy atom. The number of anilines is 1. The zero-order chi connectivity index (χ0) is 27.6. The summed E-state index contributed by atoms with van der Waals surface area (Å²) in [4.78, 5) is 29.8. The highest BCUT2D eigenvalue weighted by Crippen LogP contribution is 2.52. The van der Waals surface area contributed by atoms with Gasteiger partial charge < -0.3 is 0 Å². The van der Waals surface area contributed by atoms with Crippen molar-refractivity contribution >= 4 is 17.5 Å². The summed E-state index contributed by atoms with van der Waals surface area (Å²) in [5.74, 6) is -1.58. The molecule has 3 aromatic carbocycles. The van der Waals surface area contributed by atoms with Gasteiger partial charge >= 0.3 is 0 Å². The minimum Gasteiger partial charge on any atom is -0.277 e. The van der Waals surface area contributed by atoms with E-state index in [1.165, 1.54) is 23.1 Å². The van der Waals surface area contributed by atoms with Gasteiger partial charge in [-0.2, -0.15) is 0 Å². The number of allylic oxidation sites excluding steroid dienone is 5. The van der Waals surface area contributed by atoms with Crippen LogP contribution in [0.1, 0.15) is 29.5 Å². The maximum Gasteiger partial charge on any atom is 0.259 e. The summed E-state index contributed by atoms with van der Waals surface area (Å²) in [6.07, 6.45) is 8.72. The molecule has 0 spiro atoms. The molecule has 0 bridgehead atoms. The van der Waals surface area contributed by atoms with Crippen LogP contribution in [0, 0.1) is 5.92 Å². The first-order valence-electron chi connectivity index (χ1n) is 13.5. The van der Waals surface area contributed by atoms with E-state index in [4.69, 9.17) is 0 Å². The number of carbonyl (C=O) groups is 2. The van der Waals surface area contributed by atoms with Crippen molar-refractivity contribution in [2.24, 2.45) is 5.92 Å². The van der Waals surface area contributed by atoms with Crippen molar-refractivity contribution in [3.63, 3.8) is 0 Å². The summed E-state index contributed by atoms with van der Waals surface area (Å²) in [7, 11) is 0. The fourth-order valence-corrected chi connectivity index (χ4v) is 6.26. The summed E-state index contributed by atoms with van der Waals surface area (Å²) in [5, 5.41) is 4.21. The molecular weight excluding hydrogens is 501 g/mol. The Hall–Kier alpha value is -4.71. The summed E-state index contributed by atoms with van der Waals surface area (Å²) in [6.45, 7) is 3.04. The Morgan fingerprint density at radius 1 is 0.850 bits per heavy atom. The number of likely N-dealkylation sites (tertiary alicyclic amines) is 1. The van der Waals surface area contributed by atoms with E-state index in [9.17, 15) is 14.0 Å². The van der Waals surface area contributed by atoms with Gasteiger partial charge in [0.15, 0.2) is 0 Å². The predicted octanol–water partition coefficient (Wildman–Crippen LogP) is 6.49. The lowest BCUT2D eigenvalue weighted by molar-refractivity contribution is -0.137. The molecule has 0 saturated carbocycles. The Kier molecular flexibility index (Phi) is 6.91. The number of nitrogens with zero attached hydrogens (tertiary/aromatic N) is 3. The fraction of sp³-hybridized carbons (Fsp3) is 0.176. The Labute approximate surface area is 233 Å². The minimum absolute atomic E-state index is 0.0587. The summed E-state index contributed by atoms with van der Waals surface area (Å²) in [6, 6.07) is 29.3. The second kappa shape index (κ2) is 10.8. The molecule has 3 heterocycles. The Bertz CT molecular complexity index is 1500. The third-order valence-electron chi connectivity index (χ3n) is 7.88. The molecule has 2 saturated heterocycles. The highest BCUT2D eigenvalue weighted by Gasteiger charge is 2.60. The van der Waals surface area contributed by atoms with Crippen LogP contribution in [0.4, 0.5) is 10.1 Å². The number of alkyl halides is 1. The number of imide groups is 1. The van der Waals surface area contributed by atoms with Crippen molar-refractivity contribution < 1.29 is 14.0 Å². The number of carbonyl (C=O) groups excluding carboxylic acids is 2. The molecule has 0 radical (unpaired) electrons. The summed E-state index contributed by atoms with van der Waals surface area (Å²) < 4.78 is 13.1. The van der Waals surface area contributed by atoms with Gasteiger partial charge in [0.1, 0.15) is 12.7 Å². The molecule has 40 heavy (non-hydrogen) atoms. The number of hydrazine groups is 1. The van der Waals surface area contributed by atoms with Gasteiger partial charge in [-0.05, 0) is 35.4 Å². The van der Waals surface area contributed by atoms with E-state index in [2.05, 4.69) is 29.8 Å².